The second kappa shape index (κ2) is 8.35. The van der Waals surface area contributed by atoms with E-state index in [2.05, 4.69) is 60.4 Å². The van der Waals surface area contributed by atoms with Gasteiger partial charge in [-0.2, -0.15) is 0 Å². The van der Waals surface area contributed by atoms with Crippen molar-refractivity contribution in [3.63, 3.8) is 0 Å². The third-order valence-corrected chi connectivity index (χ3v) is 5.40. The first kappa shape index (κ1) is 20.3. The number of nitrogens with one attached hydrogen (secondary N) is 1. The van der Waals surface area contributed by atoms with Gasteiger partial charge in [-0.25, -0.2) is 4.98 Å². The predicted molar refractivity (Wildman–Crippen MR) is 102 cm³/mol. The maximum Gasteiger partial charge on any atom is 0.112 e. The lowest BCUT2D eigenvalue weighted by Gasteiger charge is -2.25. The van der Waals surface area contributed by atoms with Gasteiger partial charge in [-0.3, -0.25) is 0 Å². The number of nitrogens with zero attached hydrogens (tertiary/aromatic N) is 1. The van der Waals surface area contributed by atoms with E-state index in [1.54, 1.807) is 0 Å². The number of hydrogen-bond donors (Lipinski definition) is 1. The van der Waals surface area contributed by atoms with Gasteiger partial charge in [-0.15, -0.1) is 0 Å². The topological polar surface area (TPSA) is 28.7 Å². The average molecular weight is 321 g/mol. The molecule has 0 aromatic carbocycles. The molecule has 1 N–H and O–H groups in total. The summed E-state index contributed by atoms with van der Waals surface area (Å²) in [5.41, 5.74) is 2.98. The van der Waals surface area contributed by atoms with Gasteiger partial charge in [0, 0.05) is 16.5 Å². The van der Waals surface area contributed by atoms with E-state index in [-0.39, 0.29) is 10.8 Å². The molecule has 134 valence electrons. The van der Waals surface area contributed by atoms with Crippen LogP contribution in [0.4, 0.5) is 0 Å². The van der Waals surface area contributed by atoms with Crippen LogP contribution >= 0.6 is 0 Å². The molecular weight excluding hydrogens is 280 g/mol. The fourth-order valence-corrected chi connectivity index (χ4v) is 3.46. The van der Waals surface area contributed by atoms with Gasteiger partial charge >= 0.3 is 0 Å². The Balaban J connectivity index is 3.18. The fraction of sp³-hybridized carbons (Fsp3) is 0.857. The van der Waals surface area contributed by atoms with E-state index in [4.69, 9.17) is 4.98 Å². The molecule has 0 saturated heterocycles. The van der Waals surface area contributed by atoms with Crippen molar-refractivity contribution in [2.75, 3.05) is 0 Å². The number of hydrogen-bond acceptors (Lipinski definition) is 1. The number of aromatic amines is 1. The Morgan fingerprint density at radius 2 is 1.57 bits per heavy atom. The Hall–Kier alpha value is -0.790. The minimum atomic E-state index is 0.137. The maximum atomic E-state index is 5.16. The van der Waals surface area contributed by atoms with Crippen LogP contribution < -0.4 is 0 Å². The molecule has 0 spiro atoms. The van der Waals surface area contributed by atoms with Crippen molar-refractivity contribution in [1.82, 2.24) is 9.97 Å². The minimum absolute atomic E-state index is 0.137. The molecule has 0 bridgehead atoms. The standard InChI is InChI=1S/C21H40N2/c1-9-12-13-15-21(7,8)19-22-17(16(4)11-3)18(23-19)20(5,6)14-10-2/h16H,9-15H2,1-8H3,(H,22,23). The molecule has 1 atom stereocenters. The highest BCUT2D eigenvalue weighted by Crippen LogP contribution is 2.37. The summed E-state index contributed by atoms with van der Waals surface area (Å²) in [6.07, 6.45) is 8.65. The largest absolute Gasteiger partial charge is 0.345 e. The van der Waals surface area contributed by atoms with Gasteiger partial charge in [0.25, 0.3) is 0 Å². The van der Waals surface area contributed by atoms with Gasteiger partial charge in [-0.1, -0.05) is 81.1 Å². The summed E-state index contributed by atoms with van der Waals surface area (Å²) in [7, 11) is 0. The van der Waals surface area contributed by atoms with Crippen LogP contribution in [0.2, 0.25) is 0 Å². The number of aromatic nitrogens is 2. The summed E-state index contributed by atoms with van der Waals surface area (Å²) in [4.78, 5) is 8.92. The van der Waals surface area contributed by atoms with E-state index in [0.717, 1.165) is 6.42 Å². The van der Waals surface area contributed by atoms with Crippen LogP contribution in [0.5, 0.6) is 0 Å². The summed E-state index contributed by atoms with van der Waals surface area (Å²) in [5.74, 6) is 1.75. The van der Waals surface area contributed by atoms with Gasteiger partial charge in [0.15, 0.2) is 0 Å². The number of imidazole rings is 1. The maximum absolute atomic E-state index is 5.16. The van der Waals surface area contributed by atoms with Gasteiger partial charge < -0.3 is 4.98 Å². The van der Waals surface area contributed by atoms with E-state index in [0.29, 0.717) is 5.92 Å². The van der Waals surface area contributed by atoms with Crippen LogP contribution in [0.15, 0.2) is 0 Å². The SMILES string of the molecule is CCCCCC(C)(C)c1nc(C(C)(C)CCC)c(C(C)CC)[nH]1. The van der Waals surface area contributed by atoms with E-state index >= 15 is 0 Å². The Bertz CT molecular complexity index is 468. The minimum Gasteiger partial charge on any atom is -0.345 e. The van der Waals surface area contributed by atoms with Gasteiger partial charge in [0.2, 0.25) is 0 Å². The molecule has 0 saturated carbocycles. The van der Waals surface area contributed by atoms with Crippen molar-refractivity contribution in [2.45, 2.75) is 117 Å². The summed E-state index contributed by atoms with van der Waals surface area (Å²) < 4.78 is 0. The predicted octanol–water partition coefficient (Wildman–Crippen LogP) is 6.86. The Morgan fingerprint density at radius 1 is 0.913 bits per heavy atom. The highest BCUT2D eigenvalue weighted by atomic mass is 15.0. The second-order valence-electron chi connectivity index (χ2n) is 8.63. The van der Waals surface area contributed by atoms with Crippen molar-refractivity contribution in [3.05, 3.63) is 17.2 Å². The van der Waals surface area contributed by atoms with Gasteiger partial charge in [0.05, 0.1) is 5.69 Å². The molecule has 0 fully saturated rings. The van der Waals surface area contributed by atoms with E-state index in [1.165, 1.54) is 55.7 Å². The lowest BCUT2D eigenvalue weighted by molar-refractivity contribution is 0.422. The molecule has 1 rings (SSSR count). The molecule has 1 aromatic heterocycles. The van der Waals surface area contributed by atoms with Crippen LogP contribution in [-0.4, -0.2) is 9.97 Å². The first-order chi connectivity index (χ1) is 10.7. The molecule has 2 heteroatoms. The van der Waals surface area contributed by atoms with Crippen molar-refractivity contribution in [3.8, 4) is 0 Å². The zero-order chi connectivity index (χ0) is 17.7. The fourth-order valence-electron chi connectivity index (χ4n) is 3.46. The van der Waals surface area contributed by atoms with E-state index < -0.39 is 0 Å². The third-order valence-electron chi connectivity index (χ3n) is 5.40. The molecule has 0 amide bonds. The normalized spacial score (nSPS) is 14.3. The molecule has 0 aliphatic rings. The molecule has 0 radical (unpaired) electrons. The van der Waals surface area contributed by atoms with E-state index in [1.807, 2.05) is 0 Å². The van der Waals surface area contributed by atoms with Crippen molar-refractivity contribution >= 4 is 0 Å². The van der Waals surface area contributed by atoms with Crippen LogP contribution in [0.25, 0.3) is 0 Å². The summed E-state index contributed by atoms with van der Waals surface area (Å²) >= 11 is 0. The van der Waals surface area contributed by atoms with Crippen LogP contribution in [-0.2, 0) is 10.8 Å². The van der Waals surface area contributed by atoms with Gasteiger partial charge in [0.1, 0.15) is 5.82 Å². The third kappa shape index (κ3) is 5.09. The zero-order valence-corrected chi connectivity index (χ0v) is 17.0. The molecule has 23 heavy (non-hydrogen) atoms. The number of H-pyrrole nitrogens is 1. The second-order valence-corrected chi connectivity index (χ2v) is 8.63. The monoisotopic (exact) mass is 320 g/mol. The first-order valence-electron chi connectivity index (χ1n) is 9.80. The smallest absolute Gasteiger partial charge is 0.112 e. The van der Waals surface area contributed by atoms with E-state index in [9.17, 15) is 0 Å². The summed E-state index contributed by atoms with van der Waals surface area (Å²) in [6, 6.07) is 0. The molecule has 2 nitrogen and oxygen atoms in total. The molecule has 1 aromatic rings. The van der Waals surface area contributed by atoms with Crippen molar-refractivity contribution < 1.29 is 0 Å². The highest BCUT2D eigenvalue weighted by Gasteiger charge is 2.32. The van der Waals surface area contributed by atoms with Crippen LogP contribution in [0.3, 0.4) is 0 Å². The molecule has 1 unspecified atom stereocenters. The van der Waals surface area contributed by atoms with Crippen LogP contribution in [0, 0.1) is 0 Å². The average Bonchev–Trinajstić information content (AvgIpc) is 2.93. The number of rotatable bonds is 10. The lowest BCUT2D eigenvalue weighted by atomic mass is 9.81. The summed E-state index contributed by atoms with van der Waals surface area (Å²) in [5, 5.41) is 0. The van der Waals surface area contributed by atoms with Gasteiger partial charge in [-0.05, 0) is 25.2 Å². The van der Waals surface area contributed by atoms with Crippen LogP contribution in [0.1, 0.15) is 123 Å². The first-order valence-corrected chi connectivity index (χ1v) is 9.80. The molecule has 0 aliphatic heterocycles. The summed E-state index contributed by atoms with van der Waals surface area (Å²) in [6.45, 7) is 18.5. The molecular formula is C21H40N2. The molecule has 0 aliphatic carbocycles. The quantitative estimate of drug-likeness (QED) is 0.469. The zero-order valence-electron chi connectivity index (χ0n) is 17.0. The Labute approximate surface area is 144 Å². The van der Waals surface area contributed by atoms with Crippen molar-refractivity contribution in [1.29, 1.82) is 0 Å². The highest BCUT2D eigenvalue weighted by molar-refractivity contribution is 5.28. The number of unbranched alkanes of at least 4 members (excludes halogenated alkanes) is 2. The molecule has 1 heterocycles. The Morgan fingerprint density at radius 3 is 2.09 bits per heavy atom. The van der Waals surface area contributed by atoms with Crippen molar-refractivity contribution in [2.24, 2.45) is 0 Å². The lowest BCUT2D eigenvalue weighted by Crippen LogP contribution is -2.21. The Kier molecular flexibility index (Phi) is 7.35.